The molecule has 3 rings (SSSR count). The molecular formula is C18H27N3O2. The Morgan fingerprint density at radius 3 is 3.04 bits per heavy atom. The number of rotatable bonds is 5. The largest absolute Gasteiger partial charge is 0.465 e. The molecule has 0 aromatic carbocycles. The maximum atomic E-state index is 10.7. The molecule has 3 aliphatic rings. The Hall–Kier alpha value is -1.43. The minimum Gasteiger partial charge on any atom is -0.465 e. The molecule has 2 aliphatic heterocycles. The molecule has 1 aliphatic carbocycles. The topological polar surface area (TPSA) is 57.1 Å². The van der Waals surface area contributed by atoms with Gasteiger partial charge in [-0.1, -0.05) is 25.8 Å². The standard InChI is InChI=1S/C18H27N3O2/c1-4-5-6-9-19-21-15-12-16-13(8-7-10-23-16)11-14(15)20-18(2,3)17(21)22/h7-8,10,12,15,17,19,22H,4-6,9,11H2,1-3H3/t15?,17-/m1/s1. The molecule has 0 spiro atoms. The molecule has 0 radical (unpaired) electrons. The number of aliphatic imine (C=N–C) groups is 1. The van der Waals surface area contributed by atoms with Gasteiger partial charge in [0.15, 0.2) is 0 Å². The van der Waals surface area contributed by atoms with Crippen LogP contribution in [0.15, 0.2) is 40.8 Å². The fourth-order valence-corrected chi connectivity index (χ4v) is 3.29. The summed E-state index contributed by atoms with van der Waals surface area (Å²) in [5, 5.41) is 12.7. The normalized spacial score (nSPS) is 29.0. The molecule has 0 bridgehead atoms. The fraction of sp³-hybridized carbons (Fsp3) is 0.611. The molecule has 23 heavy (non-hydrogen) atoms. The average Bonchev–Trinajstić information content (AvgIpc) is 2.53. The minimum absolute atomic E-state index is 0.0571. The predicted octanol–water partition coefficient (Wildman–Crippen LogP) is 2.66. The van der Waals surface area contributed by atoms with Crippen molar-refractivity contribution in [3.63, 3.8) is 0 Å². The van der Waals surface area contributed by atoms with Gasteiger partial charge in [-0.15, -0.1) is 0 Å². The molecule has 1 unspecified atom stereocenters. The third-order valence-corrected chi connectivity index (χ3v) is 4.61. The first-order valence-electron chi connectivity index (χ1n) is 8.56. The second-order valence-corrected chi connectivity index (χ2v) is 6.94. The van der Waals surface area contributed by atoms with Crippen molar-refractivity contribution in [2.45, 2.75) is 64.3 Å². The van der Waals surface area contributed by atoms with Gasteiger partial charge in [0.25, 0.3) is 0 Å². The lowest BCUT2D eigenvalue weighted by Crippen LogP contribution is -2.64. The molecule has 2 atom stereocenters. The third-order valence-electron chi connectivity index (χ3n) is 4.61. The van der Waals surface area contributed by atoms with Gasteiger partial charge in [0, 0.05) is 24.3 Å². The van der Waals surface area contributed by atoms with Crippen LogP contribution in [0, 0.1) is 0 Å². The van der Waals surface area contributed by atoms with Gasteiger partial charge in [-0.25, -0.2) is 5.01 Å². The van der Waals surface area contributed by atoms with E-state index in [1.54, 1.807) is 6.26 Å². The average molecular weight is 317 g/mol. The number of aliphatic hydroxyl groups excluding tert-OH is 1. The van der Waals surface area contributed by atoms with Crippen molar-refractivity contribution < 1.29 is 9.84 Å². The molecule has 0 amide bonds. The van der Waals surface area contributed by atoms with Crippen LogP contribution in [-0.2, 0) is 4.74 Å². The van der Waals surface area contributed by atoms with E-state index in [2.05, 4.69) is 24.5 Å². The summed E-state index contributed by atoms with van der Waals surface area (Å²) < 4.78 is 5.63. The Labute approximate surface area is 138 Å². The van der Waals surface area contributed by atoms with E-state index < -0.39 is 11.8 Å². The minimum atomic E-state index is -0.667. The van der Waals surface area contributed by atoms with Crippen molar-refractivity contribution in [2.24, 2.45) is 4.99 Å². The Bertz CT molecular complexity index is 575. The lowest BCUT2D eigenvalue weighted by Gasteiger charge is -2.46. The number of hydrazine groups is 1. The number of nitrogens with one attached hydrogen (secondary N) is 1. The molecule has 2 N–H and O–H groups in total. The van der Waals surface area contributed by atoms with E-state index in [9.17, 15) is 5.11 Å². The van der Waals surface area contributed by atoms with Gasteiger partial charge in [-0.05, 0) is 32.4 Å². The zero-order valence-electron chi connectivity index (χ0n) is 14.2. The fourth-order valence-electron chi connectivity index (χ4n) is 3.29. The lowest BCUT2D eigenvalue weighted by atomic mass is 9.88. The maximum Gasteiger partial charge on any atom is 0.145 e. The molecular weight excluding hydrogens is 290 g/mol. The van der Waals surface area contributed by atoms with Gasteiger partial charge < -0.3 is 9.84 Å². The smallest absolute Gasteiger partial charge is 0.145 e. The van der Waals surface area contributed by atoms with Crippen LogP contribution in [0.3, 0.4) is 0 Å². The quantitative estimate of drug-likeness (QED) is 0.766. The maximum absolute atomic E-state index is 10.7. The van der Waals surface area contributed by atoms with Crippen LogP contribution in [0.25, 0.3) is 0 Å². The van der Waals surface area contributed by atoms with Crippen LogP contribution >= 0.6 is 0 Å². The highest BCUT2D eigenvalue weighted by atomic mass is 16.5. The van der Waals surface area contributed by atoms with E-state index in [0.29, 0.717) is 0 Å². The number of ether oxygens (including phenoxy) is 1. The van der Waals surface area contributed by atoms with E-state index >= 15 is 0 Å². The number of hydrogen-bond acceptors (Lipinski definition) is 5. The Morgan fingerprint density at radius 1 is 1.43 bits per heavy atom. The molecule has 5 heteroatoms. The van der Waals surface area contributed by atoms with Crippen molar-refractivity contribution in [2.75, 3.05) is 6.54 Å². The summed E-state index contributed by atoms with van der Waals surface area (Å²) >= 11 is 0. The Morgan fingerprint density at radius 2 is 2.26 bits per heavy atom. The van der Waals surface area contributed by atoms with Gasteiger partial charge in [0.2, 0.25) is 0 Å². The number of hydrogen-bond donors (Lipinski definition) is 2. The highest BCUT2D eigenvalue weighted by Crippen LogP contribution is 2.34. The Kier molecular flexibility index (Phi) is 4.71. The molecule has 0 aromatic heterocycles. The molecule has 5 nitrogen and oxygen atoms in total. The lowest BCUT2D eigenvalue weighted by molar-refractivity contribution is -0.0835. The van der Waals surface area contributed by atoms with E-state index in [0.717, 1.165) is 36.4 Å². The van der Waals surface area contributed by atoms with Gasteiger partial charge in [0.05, 0.1) is 17.8 Å². The van der Waals surface area contributed by atoms with Crippen molar-refractivity contribution >= 4 is 5.71 Å². The summed E-state index contributed by atoms with van der Waals surface area (Å²) in [6.45, 7) is 7.01. The van der Waals surface area contributed by atoms with Crippen LogP contribution < -0.4 is 5.43 Å². The highest BCUT2D eigenvalue weighted by Gasteiger charge is 2.44. The number of allylic oxidation sites excluding steroid dienone is 3. The van der Waals surface area contributed by atoms with E-state index in [-0.39, 0.29) is 6.04 Å². The van der Waals surface area contributed by atoms with Crippen LogP contribution in [0.5, 0.6) is 0 Å². The summed E-state index contributed by atoms with van der Waals surface area (Å²) in [4.78, 5) is 4.82. The van der Waals surface area contributed by atoms with Gasteiger partial charge in [-0.2, -0.15) is 0 Å². The highest BCUT2D eigenvalue weighted by molar-refractivity contribution is 5.96. The van der Waals surface area contributed by atoms with Crippen LogP contribution in [0.1, 0.15) is 46.5 Å². The summed E-state index contributed by atoms with van der Waals surface area (Å²) in [6.07, 6.45) is 11.3. The van der Waals surface area contributed by atoms with Crippen molar-refractivity contribution in [3.8, 4) is 0 Å². The molecule has 0 saturated carbocycles. The van der Waals surface area contributed by atoms with Crippen molar-refractivity contribution in [1.82, 2.24) is 10.4 Å². The second kappa shape index (κ2) is 6.59. The third kappa shape index (κ3) is 3.27. The van der Waals surface area contributed by atoms with E-state index in [4.69, 9.17) is 9.73 Å². The Balaban J connectivity index is 1.85. The molecule has 0 fully saturated rings. The molecule has 0 saturated heterocycles. The monoisotopic (exact) mass is 317 g/mol. The first-order valence-corrected chi connectivity index (χ1v) is 8.56. The van der Waals surface area contributed by atoms with Crippen LogP contribution in [-0.4, -0.2) is 40.2 Å². The van der Waals surface area contributed by atoms with Gasteiger partial charge >= 0.3 is 0 Å². The number of unbranched alkanes of at least 4 members (excludes halogenated alkanes) is 2. The number of aliphatic hydroxyl groups is 1. The number of fused-ring (bicyclic) bond motifs is 2. The summed E-state index contributed by atoms with van der Waals surface area (Å²) in [6, 6.07) is -0.0571. The second-order valence-electron chi connectivity index (χ2n) is 6.94. The first kappa shape index (κ1) is 16.4. The SMILES string of the molecule is CCCCCNN1C2C=C3OC=CC=C3CC2=NC(C)(C)[C@H]1O. The van der Waals surface area contributed by atoms with Crippen molar-refractivity contribution in [3.05, 3.63) is 35.8 Å². The summed E-state index contributed by atoms with van der Waals surface area (Å²) in [5.41, 5.74) is 5.13. The predicted molar refractivity (Wildman–Crippen MR) is 91.7 cm³/mol. The van der Waals surface area contributed by atoms with Gasteiger partial charge in [0.1, 0.15) is 12.0 Å². The number of nitrogens with zero attached hydrogens (tertiary/aromatic N) is 2. The van der Waals surface area contributed by atoms with Crippen molar-refractivity contribution in [1.29, 1.82) is 0 Å². The van der Waals surface area contributed by atoms with E-state index in [1.165, 1.54) is 12.8 Å². The molecule has 0 aromatic rings. The zero-order chi connectivity index (χ0) is 16.4. The first-order chi connectivity index (χ1) is 11.0. The zero-order valence-corrected chi connectivity index (χ0v) is 14.2. The molecule has 2 heterocycles. The molecule has 126 valence electrons. The summed E-state index contributed by atoms with van der Waals surface area (Å²) in [7, 11) is 0. The van der Waals surface area contributed by atoms with Gasteiger partial charge in [-0.3, -0.25) is 10.4 Å². The van der Waals surface area contributed by atoms with Crippen LogP contribution in [0.2, 0.25) is 0 Å². The van der Waals surface area contributed by atoms with E-state index in [1.807, 2.05) is 24.9 Å². The summed E-state index contributed by atoms with van der Waals surface area (Å²) in [5.74, 6) is 0.878. The van der Waals surface area contributed by atoms with Crippen LogP contribution in [0.4, 0.5) is 0 Å².